The number of ketones is 1. The molecule has 0 radical (unpaired) electrons. The molecule has 2 nitrogen and oxygen atoms in total. The molecule has 1 aromatic rings. The van der Waals surface area contributed by atoms with Crippen molar-refractivity contribution in [2.45, 2.75) is 11.3 Å². The van der Waals surface area contributed by atoms with E-state index in [9.17, 15) is 9.18 Å². The molecule has 2 N–H and O–H groups in total. The molecule has 0 amide bonds. The summed E-state index contributed by atoms with van der Waals surface area (Å²) in [6.07, 6.45) is 2.02. The number of Topliss-reactive ketones (excluding diaryl/α,β-unsaturated/α-hetero) is 1. The Kier molecular flexibility index (Phi) is 4.76. The molecular weight excluding hydrogens is 281 g/mol. The van der Waals surface area contributed by atoms with Gasteiger partial charge < -0.3 is 5.73 Å². The zero-order valence-corrected chi connectivity index (χ0v) is 10.6. The smallest absolute Gasteiger partial charge is 0.164 e. The Hall–Kier alpha value is -0.390. The SMILES string of the molecule is CSc1c(F)cc(C(=O)CCN)cc1Br. The fraction of sp³-hybridized carbons (Fsp3) is 0.300. The van der Waals surface area contributed by atoms with Gasteiger partial charge in [-0.25, -0.2) is 4.39 Å². The van der Waals surface area contributed by atoms with E-state index in [2.05, 4.69) is 15.9 Å². The molecule has 0 spiro atoms. The third-order valence-electron chi connectivity index (χ3n) is 1.90. The number of benzene rings is 1. The molecule has 0 saturated carbocycles. The van der Waals surface area contributed by atoms with E-state index in [0.717, 1.165) is 0 Å². The lowest BCUT2D eigenvalue weighted by molar-refractivity contribution is 0.0985. The molecular formula is C10H11BrFNOS. The highest BCUT2D eigenvalue weighted by atomic mass is 79.9. The van der Waals surface area contributed by atoms with Gasteiger partial charge in [0.2, 0.25) is 0 Å². The lowest BCUT2D eigenvalue weighted by atomic mass is 10.1. The average molecular weight is 292 g/mol. The number of carbonyl (C=O) groups excluding carboxylic acids is 1. The van der Waals surface area contributed by atoms with Gasteiger partial charge in [0, 0.05) is 16.5 Å². The van der Waals surface area contributed by atoms with Gasteiger partial charge in [-0.2, -0.15) is 0 Å². The number of thioether (sulfide) groups is 1. The van der Waals surface area contributed by atoms with Crippen LogP contribution in [-0.4, -0.2) is 18.6 Å². The first-order chi connectivity index (χ1) is 7.10. The van der Waals surface area contributed by atoms with Crippen LogP contribution in [0.4, 0.5) is 4.39 Å². The van der Waals surface area contributed by atoms with Gasteiger partial charge in [0.25, 0.3) is 0 Å². The highest BCUT2D eigenvalue weighted by molar-refractivity contribution is 9.10. The van der Waals surface area contributed by atoms with E-state index in [1.165, 1.54) is 17.8 Å². The van der Waals surface area contributed by atoms with E-state index in [1.54, 1.807) is 12.3 Å². The van der Waals surface area contributed by atoms with Gasteiger partial charge in [0.05, 0.1) is 4.90 Å². The van der Waals surface area contributed by atoms with Gasteiger partial charge in [-0.3, -0.25) is 4.79 Å². The monoisotopic (exact) mass is 291 g/mol. The number of nitrogens with two attached hydrogens (primary N) is 1. The van der Waals surface area contributed by atoms with Crippen molar-refractivity contribution >= 4 is 33.5 Å². The summed E-state index contributed by atoms with van der Waals surface area (Å²) in [6, 6.07) is 2.89. The Balaban J connectivity index is 3.08. The van der Waals surface area contributed by atoms with Crippen LogP contribution >= 0.6 is 27.7 Å². The Bertz CT molecular complexity index is 361. The number of carbonyl (C=O) groups is 1. The summed E-state index contributed by atoms with van der Waals surface area (Å²) < 4.78 is 14.1. The topological polar surface area (TPSA) is 43.1 Å². The number of hydrogen-bond donors (Lipinski definition) is 1. The van der Waals surface area contributed by atoms with E-state index in [4.69, 9.17) is 5.73 Å². The first kappa shape index (κ1) is 12.7. The molecule has 1 rings (SSSR count). The molecule has 0 bridgehead atoms. The van der Waals surface area contributed by atoms with Crippen LogP contribution in [0.1, 0.15) is 16.8 Å². The molecule has 15 heavy (non-hydrogen) atoms. The van der Waals surface area contributed by atoms with Gasteiger partial charge in [-0.15, -0.1) is 11.8 Å². The van der Waals surface area contributed by atoms with Crippen LogP contribution in [0.15, 0.2) is 21.5 Å². The lowest BCUT2D eigenvalue weighted by Crippen LogP contribution is -2.08. The quantitative estimate of drug-likeness (QED) is 0.685. The molecule has 0 fully saturated rings. The molecule has 0 unspecified atom stereocenters. The second kappa shape index (κ2) is 5.63. The minimum Gasteiger partial charge on any atom is -0.330 e. The first-order valence-electron chi connectivity index (χ1n) is 4.36. The summed E-state index contributed by atoms with van der Waals surface area (Å²) >= 11 is 4.53. The molecule has 5 heteroatoms. The van der Waals surface area contributed by atoms with Crippen molar-refractivity contribution in [1.82, 2.24) is 0 Å². The maximum atomic E-state index is 13.5. The predicted octanol–water partition coefficient (Wildman–Crippen LogP) is 2.84. The fourth-order valence-electron chi connectivity index (χ4n) is 1.19. The van der Waals surface area contributed by atoms with Crippen LogP contribution < -0.4 is 5.73 Å². The second-order valence-electron chi connectivity index (χ2n) is 2.93. The first-order valence-corrected chi connectivity index (χ1v) is 6.38. The zero-order chi connectivity index (χ0) is 11.4. The molecule has 0 heterocycles. The number of halogens is 2. The molecule has 0 atom stereocenters. The van der Waals surface area contributed by atoms with E-state index < -0.39 is 0 Å². The average Bonchev–Trinajstić information content (AvgIpc) is 2.17. The van der Waals surface area contributed by atoms with Crippen molar-refractivity contribution < 1.29 is 9.18 Å². The Labute approximate surface area is 101 Å². The lowest BCUT2D eigenvalue weighted by Gasteiger charge is -2.06. The number of hydrogen-bond acceptors (Lipinski definition) is 3. The Morgan fingerprint density at radius 2 is 2.27 bits per heavy atom. The summed E-state index contributed by atoms with van der Waals surface area (Å²) in [5.74, 6) is -0.512. The molecule has 82 valence electrons. The van der Waals surface area contributed by atoms with E-state index >= 15 is 0 Å². The van der Waals surface area contributed by atoms with Crippen LogP contribution in [0.25, 0.3) is 0 Å². The fourth-order valence-corrected chi connectivity index (χ4v) is 2.62. The summed E-state index contributed by atoms with van der Waals surface area (Å²) in [5, 5.41) is 0. The molecule has 0 aromatic heterocycles. The van der Waals surface area contributed by atoms with Crippen molar-refractivity contribution in [3.63, 3.8) is 0 Å². The standard InChI is InChI=1S/C10H11BrFNOS/c1-15-10-7(11)4-6(5-8(10)12)9(14)2-3-13/h4-5H,2-3,13H2,1H3. The highest BCUT2D eigenvalue weighted by Gasteiger charge is 2.12. The van der Waals surface area contributed by atoms with Crippen LogP contribution in [0, 0.1) is 5.82 Å². The van der Waals surface area contributed by atoms with Crippen LogP contribution in [0.3, 0.4) is 0 Å². The molecule has 0 aliphatic heterocycles. The maximum Gasteiger partial charge on any atom is 0.164 e. The molecule has 0 saturated heterocycles. The highest BCUT2D eigenvalue weighted by Crippen LogP contribution is 2.30. The summed E-state index contributed by atoms with van der Waals surface area (Å²) in [6.45, 7) is 0.280. The van der Waals surface area contributed by atoms with Crippen LogP contribution in [0.5, 0.6) is 0 Å². The van der Waals surface area contributed by atoms with Gasteiger partial charge in [0.15, 0.2) is 5.78 Å². The number of rotatable bonds is 4. The zero-order valence-electron chi connectivity index (χ0n) is 8.22. The van der Waals surface area contributed by atoms with E-state index in [1.807, 2.05) is 0 Å². The van der Waals surface area contributed by atoms with Gasteiger partial charge in [0.1, 0.15) is 5.82 Å². The third-order valence-corrected chi connectivity index (χ3v) is 3.61. The predicted molar refractivity (Wildman–Crippen MR) is 63.9 cm³/mol. The van der Waals surface area contributed by atoms with Gasteiger partial charge >= 0.3 is 0 Å². The van der Waals surface area contributed by atoms with Gasteiger partial charge in [-0.1, -0.05) is 0 Å². The largest absolute Gasteiger partial charge is 0.330 e. The van der Waals surface area contributed by atoms with Crippen molar-refractivity contribution in [2.24, 2.45) is 5.73 Å². The maximum absolute atomic E-state index is 13.5. The molecule has 0 aliphatic carbocycles. The van der Waals surface area contributed by atoms with E-state index in [-0.39, 0.29) is 24.6 Å². The van der Waals surface area contributed by atoms with Crippen molar-refractivity contribution in [3.05, 3.63) is 28.0 Å². The Morgan fingerprint density at radius 1 is 1.60 bits per heavy atom. The summed E-state index contributed by atoms with van der Waals surface area (Å²) in [7, 11) is 0. The van der Waals surface area contributed by atoms with Crippen molar-refractivity contribution in [2.75, 3.05) is 12.8 Å². The van der Waals surface area contributed by atoms with Crippen LogP contribution in [-0.2, 0) is 0 Å². The minimum atomic E-state index is -0.378. The second-order valence-corrected chi connectivity index (χ2v) is 4.61. The summed E-state index contributed by atoms with van der Waals surface area (Å²) in [4.78, 5) is 12.0. The Morgan fingerprint density at radius 3 is 2.73 bits per heavy atom. The molecule has 1 aromatic carbocycles. The minimum absolute atomic E-state index is 0.134. The summed E-state index contributed by atoms with van der Waals surface area (Å²) in [5.41, 5.74) is 5.63. The van der Waals surface area contributed by atoms with Crippen molar-refractivity contribution in [3.8, 4) is 0 Å². The van der Waals surface area contributed by atoms with Gasteiger partial charge in [-0.05, 0) is 40.9 Å². The van der Waals surface area contributed by atoms with E-state index in [0.29, 0.717) is 14.9 Å². The normalized spacial score (nSPS) is 10.4. The molecule has 0 aliphatic rings. The third kappa shape index (κ3) is 3.03. The van der Waals surface area contributed by atoms with Crippen molar-refractivity contribution in [1.29, 1.82) is 0 Å². The van der Waals surface area contributed by atoms with Crippen LogP contribution in [0.2, 0.25) is 0 Å².